The molecule has 0 saturated carbocycles. The summed E-state index contributed by atoms with van der Waals surface area (Å²) < 4.78 is 2.16. The first-order valence-corrected chi connectivity index (χ1v) is 7.26. The Morgan fingerprint density at radius 2 is 1.85 bits per heavy atom. The smallest absolute Gasteiger partial charge is 0.171 e. The van der Waals surface area contributed by atoms with Gasteiger partial charge < -0.3 is 15.2 Å². The highest BCUT2D eigenvalue weighted by Crippen LogP contribution is 2.10. The molecule has 0 fully saturated rings. The molecule has 0 radical (unpaired) electrons. The van der Waals surface area contributed by atoms with Gasteiger partial charge in [-0.25, -0.2) is 0 Å². The number of aryl methyl sites for hydroxylation is 2. The van der Waals surface area contributed by atoms with Crippen molar-refractivity contribution in [2.45, 2.75) is 26.8 Å². The Balaban J connectivity index is 1.87. The molecule has 0 atom stereocenters. The fraction of sp³-hybridized carbons (Fsp3) is 0.312. The first-order chi connectivity index (χ1) is 9.60. The van der Waals surface area contributed by atoms with Crippen molar-refractivity contribution < 1.29 is 0 Å². The third-order valence-electron chi connectivity index (χ3n) is 3.53. The standard InChI is InChI=1S/C16H21N3S/c1-4-13-6-8-14(9-7-13)18-16(20)17-11-15-10-5-12(2)19(15)3/h5-10H,4,11H2,1-3H3,(H2,17,18,20). The lowest BCUT2D eigenvalue weighted by molar-refractivity contribution is 0.764. The molecular weight excluding hydrogens is 266 g/mol. The predicted octanol–water partition coefficient (Wildman–Crippen LogP) is 3.38. The molecule has 0 aliphatic heterocycles. The number of benzene rings is 1. The van der Waals surface area contributed by atoms with E-state index in [0.717, 1.165) is 18.7 Å². The van der Waals surface area contributed by atoms with Crippen molar-refractivity contribution in [1.82, 2.24) is 9.88 Å². The van der Waals surface area contributed by atoms with Gasteiger partial charge in [-0.1, -0.05) is 19.1 Å². The van der Waals surface area contributed by atoms with Gasteiger partial charge in [-0.15, -0.1) is 0 Å². The first-order valence-electron chi connectivity index (χ1n) is 6.85. The largest absolute Gasteiger partial charge is 0.357 e. The number of thiocarbonyl (C=S) groups is 1. The maximum absolute atomic E-state index is 5.31. The second kappa shape index (κ2) is 6.57. The Morgan fingerprint density at radius 3 is 2.40 bits per heavy atom. The molecule has 106 valence electrons. The van der Waals surface area contributed by atoms with Crippen molar-refractivity contribution in [2.75, 3.05) is 5.32 Å². The fourth-order valence-corrected chi connectivity index (χ4v) is 2.20. The number of hydrogen-bond donors (Lipinski definition) is 2. The summed E-state index contributed by atoms with van der Waals surface area (Å²) in [7, 11) is 2.06. The van der Waals surface area contributed by atoms with Crippen molar-refractivity contribution in [2.24, 2.45) is 7.05 Å². The van der Waals surface area contributed by atoms with Crippen LogP contribution in [0.25, 0.3) is 0 Å². The van der Waals surface area contributed by atoms with E-state index in [1.807, 2.05) is 0 Å². The number of nitrogens with zero attached hydrogens (tertiary/aromatic N) is 1. The predicted molar refractivity (Wildman–Crippen MR) is 89.0 cm³/mol. The average molecular weight is 287 g/mol. The number of rotatable bonds is 4. The third kappa shape index (κ3) is 3.61. The lowest BCUT2D eigenvalue weighted by atomic mass is 10.1. The summed E-state index contributed by atoms with van der Waals surface area (Å²) in [5, 5.41) is 7.08. The maximum Gasteiger partial charge on any atom is 0.171 e. The van der Waals surface area contributed by atoms with Crippen LogP contribution < -0.4 is 10.6 Å². The summed E-state index contributed by atoms with van der Waals surface area (Å²) in [6.07, 6.45) is 1.05. The summed E-state index contributed by atoms with van der Waals surface area (Å²) in [6, 6.07) is 12.6. The van der Waals surface area contributed by atoms with Crippen molar-refractivity contribution in [3.05, 3.63) is 53.3 Å². The molecule has 1 heterocycles. The van der Waals surface area contributed by atoms with Gasteiger partial charge in [-0.05, 0) is 55.4 Å². The van der Waals surface area contributed by atoms with Crippen LogP contribution in [0.1, 0.15) is 23.9 Å². The van der Waals surface area contributed by atoms with Crippen LogP contribution in [0.15, 0.2) is 36.4 Å². The molecule has 2 aromatic rings. The third-order valence-corrected chi connectivity index (χ3v) is 3.77. The fourth-order valence-electron chi connectivity index (χ4n) is 2.01. The highest BCUT2D eigenvalue weighted by atomic mass is 32.1. The zero-order valence-corrected chi connectivity index (χ0v) is 13.1. The van der Waals surface area contributed by atoms with Gasteiger partial charge in [0.2, 0.25) is 0 Å². The van der Waals surface area contributed by atoms with Gasteiger partial charge in [0.1, 0.15) is 0 Å². The van der Waals surface area contributed by atoms with Gasteiger partial charge in [-0.3, -0.25) is 0 Å². The normalized spacial score (nSPS) is 10.3. The minimum atomic E-state index is 0.646. The highest BCUT2D eigenvalue weighted by molar-refractivity contribution is 7.80. The summed E-state index contributed by atoms with van der Waals surface area (Å²) in [5.74, 6) is 0. The molecule has 3 nitrogen and oxygen atoms in total. The lowest BCUT2D eigenvalue weighted by Gasteiger charge is -2.12. The van der Waals surface area contributed by atoms with E-state index >= 15 is 0 Å². The van der Waals surface area contributed by atoms with Crippen LogP contribution in [0.3, 0.4) is 0 Å². The van der Waals surface area contributed by atoms with E-state index in [1.165, 1.54) is 17.0 Å². The average Bonchev–Trinajstić information content (AvgIpc) is 2.77. The molecule has 0 aliphatic carbocycles. The van der Waals surface area contributed by atoms with Crippen LogP contribution in [0.4, 0.5) is 5.69 Å². The molecule has 4 heteroatoms. The Bertz CT molecular complexity index is 584. The number of hydrogen-bond acceptors (Lipinski definition) is 1. The topological polar surface area (TPSA) is 29.0 Å². The van der Waals surface area contributed by atoms with Crippen LogP contribution in [0.2, 0.25) is 0 Å². The van der Waals surface area contributed by atoms with Gasteiger partial charge in [0, 0.05) is 24.1 Å². The van der Waals surface area contributed by atoms with Crippen molar-refractivity contribution >= 4 is 23.0 Å². The van der Waals surface area contributed by atoms with E-state index in [2.05, 4.69) is 72.5 Å². The summed E-state index contributed by atoms with van der Waals surface area (Å²) in [4.78, 5) is 0. The van der Waals surface area contributed by atoms with E-state index < -0.39 is 0 Å². The molecule has 0 aliphatic rings. The molecular formula is C16H21N3S. The Morgan fingerprint density at radius 1 is 1.15 bits per heavy atom. The van der Waals surface area contributed by atoms with Crippen molar-refractivity contribution in [3.8, 4) is 0 Å². The SMILES string of the molecule is CCc1ccc(NC(=S)NCc2ccc(C)n2C)cc1. The van der Waals surface area contributed by atoms with Crippen LogP contribution in [0, 0.1) is 6.92 Å². The molecule has 2 rings (SSSR count). The molecule has 20 heavy (non-hydrogen) atoms. The van der Waals surface area contributed by atoms with Crippen LogP contribution >= 0.6 is 12.2 Å². The molecule has 1 aromatic heterocycles. The Hall–Kier alpha value is -1.81. The van der Waals surface area contributed by atoms with E-state index in [0.29, 0.717) is 5.11 Å². The first kappa shape index (κ1) is 14.6. The molecule has 0 saturated heterocycles. The summed E-state index contributed by atoms with van der Waals surface area (Å²) >= 11 is 5.31. The van der Waals surface area contributed by atoms with Crippen molar-refractivity contribution in [1.29, 1.82) is 0 Å². The quantitative estimate of drug-likeness (QED) is 0.845. The molecule has 0 unspecified atom stereocenters. The number of anilines is 1. The number of nitrogens with one attached hydrogen (secondary N) is 2. The lowest BCUT2D eigenvalue weighted by Crippen LogP contribution is -2.28. The van der Waals surface area contributed by atoms with Gasteiger partial charge in [0.15, 0.2) is 5.11 Å². The minimum Gasteiger partial charge on any atom is -0.357 e. The van der Waals surface area contributed by atoms with E-state index in [9.17, 15) is 0 Å². The summed E-state index contributed by atoms with van der Waals surface area (Å²) in [6.45, 7) is 4.97. The molecule has 0 spiro atoms. The monoisotopic (exact) mass is 287 g/mol. The summed E-state index contributed by atoms with van der Waals surface area (Å²) in [5.41, 5.74) is 4.81. The Labute approximate surface area is 126 Å². The van der Waals surface area contributed by atoms with Crippen LogP contribution in [-0.2, 0) is 20.0 Å². The minimum absolute atomic E-state index is 0.646. The zero-order valence-electron chi connectivity index (χ0n) is 12.2. The molecule has 1 aromatic carbocycles. The molecule has 2 N–H and O–H groups in total. The van der Waals surface area contributed by atoms with Gasteiger partial charge in [-0.2, -0.15) is 0 Å². The van der Waals surface area contributed by atoms with E-state index in [1.54, 1.807) is 0 Å². The van der Waals surface area contributed by atoms with Gasteiger partial charge >= 0.3 is 0 Å². The zero-order chi connectivity index (χ0) is 14.5. The molecule has 0 amide bonds. The second-order valence-electron chi connectivity index (χ2n) is 4.88. The van der Waals surface area contributed by atoms with Crippen LogP contribution in [-0.4, -0.2) is 9.68 Å². The van der Waals surface area contributed by atoms with Crippen molar-refractivity contribution in [3.63, 3.8) is 0 Å². The highest BCUT2D eigenvalue weighted by Gasteiger charge is 2.02. The van der Waals surface area contributed by atoms with Gasteiger partial charge in [0.05, 0.1) is 6.54 Å². The second-order valence-corrected chi connectivity index (χ2v) is 5.29. The Kier molecular flexibility index (Phi) is 4.79. The maximum atomic E-state index is 5.31. The van der Waals surface area contributed by atoms with Crippen LogP contribution in [0.5, 0.6) is 0 Å². The van der Waals surface area contributed by atoms with E-state index in [4.69, 9.17) is 12.2 Å². The van der Waals surface area contributed by atoms with Gasteiger partial charge in [0.25, 0.3) is 0 Å². The van der Waals surface area contributed by atoms with E-state index in [-0.39, 0.29) is 0 Å². The number of aromatic nitrogens is 1. The molecule has 0 bridgehead atoms.